The molecular weight excluding hydrogens is 374 g/mol. The average molecular weight is 408 g/mol. The van der Waals surface area contributed by atoms with Crippen molar-refractivity contribution in [2.75, 3.05) is 50.8 Å². The van der Waals surface area contributed by atoms with Crippen LogP contribution in [-0.2, 0) is 11.2 Å². The molecule has 2 fully saturated rings. The molecular formula is C25H33N3O2. The highest BCUT2D eigenvalue weighted by Crippen LogP contribution is 2.17. The van der Waals surface area contributed by atoms with Crippen molar-refractivity contribution < 1.29 is 9.53 Å². The highest BCUT2D eigenvalue weighted by atomic mass is 16.5. The Hall–Kier alpha value is -2.37. The minimum absolute atomic E-state index is 0.0414. The van der Waals surface area contributed by atoms with E-state index in [-0.39, 0.29) is 11.9 Å². The molecule has 0 spiro atoms. The summed E-state index contributed by atoms with van der Waals surface area (Å²) >= 11 is 0. The molecule has 4 rings (SSSR count). The van der Waals surface area contributed by atoms with Crippen molar-refractivity contribution in [3.8, 4) is 0 Å². The lowest BCUT2D eigenvalue weighted by Crippen LogP contribution is -2.47. The number of hydrogen-bond acceptors (Lipinski definition) is 4. The van der Waals surface area contributed by atoms with Gasteiger partial charge in [0.1, 0.15) is 0 Å². The SMILES string of the molecule is O=C(NC1CCCN(CCCc2ccccc2)C1)c1ccc(N2CCOCC2)cc1. The second-order valence-corrected chi connectivity index (χ2v) is 8.35. The van der Waals surface area contributed by atoms with E-state index < -0.39 is 0 Å². The number of amides is 1. The van der Waals surface area contributed by atoms with Crippen molar-refractivity contribution in [3.05, 3.63) is 65.7 Å². The molecule has 1 unspecified atom stereocenters. The predicted molar refractivity (Wildman–Crippen MR) is 121 cm³/mol. The first kappa shape index (κ1) is 20.9. The van der Waals surface area contributed by atoms with Crippen molar-refractivity contribution in [3.63, 3.8) is 0 Å². The number of carbonyl (C=O) groups is 1. The minimum Gasteiger partial charge on any atom is -0.378 e. The van der Waals surface area contributed by atoms with Gasteiger partial charge in [-0.2, -0.15) is 0 Å². The lowest BCUT2D eigenvalue weighted by Gasteiger charge is -2.33. The molecule has 2 aromatic carbocycles. The van der Waals surface area contributed by atoms with Crippen LogP contribution < -0.4 is 10.2 Å². The molecule has 5 nitrogen and oxygen atoms in total. The third kappa shape index (κ3) is 5.83. The number of morpholine rings is 1. The largest absolute Gasteiger partial charge is 0.378 e. The van der Waals surface area contributed by atoms with Crippen molar-refractivity contribution in [2.45, 2.75) is 31.7 Å². The van der Waals surface area contributed by atoms with Gasteiger partial charge in [-0.15, -0.1) is 0 Å². The molecule has 0 aromatic heterocycles. The van der Waals surface area contributed by atoms with E-state index in [2.05, 4.69) is 57.6 Å². The molecule has 1 N–H and O–H groups in total. The Morgan fingerprint density at radius 2 is 1.77 bits per heavy atom. The van der Waals surface area contributed by atoms with Crippen LogP contribution in [0.2, 0.25) is 0 Å². The lowest BCUT2D eigenvalue weighted by molar-refractivity contribution is 0.0903. The number of piperidine rings is 1. The van der Waals surface area contributed by atoms with E-state index in [0.717, 1.165) is 82.9 Å². The van der Waals surface area contributed by atoms with Crippen LogP contribution in [0.3, 0.4) is 0 Å². The Kier molecular flexibility index (Phi) is 7.38. The van der Waals surface area contributed by atoms with E-state index in [1.807, 2.05) is 12.1 Å². The highest BCUT2D eigenvalue weighted by molar-refractivity contribution is 5.94. The predicted octanol–water partition coefficient (Wildman–Crippen LogP) is 3.35. The topological polar surface area (TPSA) is 44.8 Å². The normalized spacial score (nSPS) is 20.1. The third-order valence-electron chi connectivity index (χ3n) is 6.13. The van der Waals surface area contributed by atoms with Gasteiger partial charge in [0.15, 0.2) is 0 Å². The number of aryl methyl sites for hydroxylation is 1. The molecule has 30 heavy (non-hydrogen) atoms. The van der Waals surface area contributed by atoms with Crippen LogP contribution in [0.15, 0.2) is 54.6 Å². The number of rotatable bonds is 7. The second-order valence-electron chi connectivity index (χ2n) is 8.35. The van der Waals surface area contributed by atoms with Gasteiger partial charge in [0.2, 0.25) is 0 Å². The summed E-state index contributed by atoms with van der Waals surface area (Å²) in [7, 11) is 0. The second kappa shape index (κ2) is 10.6. The van der Waals surface area contributed by atoms with Crippen molar-refractivity contribution in [2.24, 2.45) is 0 Å². The summed E-state index contributed by atoms with van der Waals surface area (Å²) in [5, 5.41) is 3.26. The summed E-state index contributed by atoms with van der Waals surface area (Å²) in [6, 6.07) is 18.9. The molecule has 0 bridgehead atoms. The van der Waals surface area contributed by atoms with Crippen LogP contribution in [0.5, 0.6) is 0 Å². The van der Waals surface area contributed by atoms with E-state index in [4.69, 9.17) is 4.74 Å². The average Bonchev–Trinajstić information content (AvgIpc) is 2.81. The van der Waals surface area contributed by atoms with E-state index in [1.54, 1.807) is 0 Å². The zero-order valence-corrected chi connectivity index (χ0v) is 17.8. The number of likely N-dealkylation sites (tertiary alicyclic amines) is 1. The summed E-state index contributed by atoms with van der Waals surface area (Å²) in [6.07, 6.45) is 4.48. The molecule has 1 atom stereocenters. The molecule has 0 aliphatic carbocycles. The Bertz CT molecular complexity index is 788. The fourth-order valence-electron chi connectivity index (χ4n) is 4.44. The molecule has 2 heterocycles. The zero-order valence-electron chi connectivity index (χ0n) is 17.8. The molecule has 2 aliphatic rings. The van der Waals surface area contributed by atoms with Crippen molar-refractivity contribution in [1.82, 2.24) is 10.2 Å². The Morgan fingerprint density at radius 3 is 2.53 bits per heavy atom. The quantitative estimate of drug-likeness (QED) is 0.765. The van der Waals surface area contributed by atoms with Crippen LogP contribution in [-0.4, -0.2) is 62.8 Å². The summed E-state index contributed by atoms with van der Waals surface area (Å²) in [6.45, 7) is 6.54. The van der Waals surface area contributed by atoms with Crippen LogP contribution in [0.4, 0.5) is 5.69 Å². The summed E-state index contributed by atoms with van der Waals surface area (Å²) in [5.41, 5.74) is 3.31. The monoisotopic (exact) mass is 407 g/mol. The third-order valence-corrected chi connectivity index (χ3v) is 6.13. The number of ether oxygens (including phenoxy) is 1. The zero-order chi connectivity index (χ0) is 20.6. The standard InChI is InChI=1S/C25H33N3O2/c29-25(22-10-12-24(13-11-22)28-16-18-30-19-17-28)26-23-9-5-15-27(20-23)14-4-8-21-6-2-1-3-7-21/h1-3,6-7,10-13,23H,4-5,8-9,14-20H2,(H,26,29). The maximum atomic E-state index is 12.7. The van der Waals surface area contributed by atoms with Gasteiger partial charge in [0.25, 0.3) is 5.91 Å². The van der Waals surface area contributed by atoms with Crippen LogP contribution in [0.1, 0.15) is 35.2 Å². The van der Waals surface area contributed by atoms with Gasteiger partial charge in [-0.3, -0.25) is 4.79 Å². The summed E-state index contributed by atoms with van der Waals surface area (Å²) in [5.74, 6) is 0.0414. The smallest absolute Gasteiger partial charge is 0.251 e. The molecule has 2 aliphatic heterocycles. The van der Waals surface area contributed by atoms with E-state index in [9.17, 15) is 4.79 Å². The number of benzene rings is 2. The van der Waals surface area contributed by atoms with E-state index in [1.165, 1.54) is 5.56 Å². The Labute approximate surface area is 180 Å². The van der Waals surface area contributed by atoms with Crippen molar-refractivity contribution >= 4 is 11.6 Å². The minimum atomic E-state index is 0.0414. The first-order chi connectivity index (χ1) is 14.8. The fraction of sp³-hybridized carbons (Fsp3) is 0.480. The lowest BCUT2D eigenvalue weighted by atomic mass is 10.0. The summed E-state index contributed by atoms with van der Waals surface area (Å²) in [4.78, 5) is 17.5. The number of nitrogens with zero attached hydrogens (tertiary/aromatic N) is 2. The molecule has 2 aromatic rings. The number of nitrogens with one attached hydrogen (secondary N) is 1. The first-order valence-corrected chi connectivity index (χ1v) is 11.3. The molecule has 0 saturated carbocycles. The van der Waals surface area contributed by atoms with Gasteiger partial charge in [-0.05, 0) is 68.6 Å². The van der Waals surface area contributed by atoms with Gasteiger partial charge in [0, 0.05) is 36.9 Å². The van der Waals surface area contributed by atoms with Crippen molar-refractivity contribution in [1.29, 1.82) is 0 Å². The van der Waals surface area contributed by atoms with E-state index >= 15 is 0 Å². The van der Waals surface area contributed by atoms with E-state index in [0.29, 0.717) is 0 Å². The molecule has 2 saturated heterocycles. The van der Waals surface area contributed by atoms with Gasteiger partial charge < -0.3 is 19.9 Å². The summed E-state index contributed by atoms with van der Waals surface area (Å²) < 4.78 is 5.41. The van der Waals surface area contributed by atoms with Crippen LogP contribution >= 0.6 is 0 Å². The Balaban J connectivity index is 1.23. The maximum Gasteiger partial charge on any atom is 0.251 e. The maximum absolute atomic E-state index is 12.7. The van der Waals surface area contributed by atoms with Gasteiger partial charge in [0.05, 0.1) is 13.2 Å². The number of carbonyl (C=O) groups excluding carboxylic acids is 1. The first-order valence-electron chi connectivity index (χ1n) is 11.3. The van der Waals surface area contributed by atoms with Gasteiger partial charge >= 0.3 is 0 Å². The molecule has 0 radical (unpaired) electrons. The molecule has 160 valence electrons. The Morgan fingerprint density at radius 1 is 1.00 bits per heavy atom. The number of anilines is 1. The van der Waals surface area contributed by atoms with Crippen LogP contribution in [0.25, 0.3) is 0 Å². The molecule has 1 amide bonds. The fourth-order valence-corrected chi connectivity index (χ4v) is 4.44. The highest BCUT2D eigenvalue weighted by Gasteiger charge is 2.21. The van der Waals surface area contributed by atoms with Crippen LogP contribution in [0, 0.1) is 0 Å². The van der Waals surface area contributed by atoms with Gasteiger partial charge in [-0.25, -0.2) is 0 Å². The molecule has 5 heteroatoms. The van der Waals surface area contributed by atoms with Gasteiger partial charge in [-0.1, -0.05) is 30.3 Å². The number of hydrogen-bond donors (Lipinski definition) is 1.